The molecule has 0 radical (unpaired) electrons. The number of primary amides is 1. The fourth-order valence-electron chi connectivity index (χ4n) is 3.84. The van der Waals surface area contributed by atoms with Crippen LogP contribution in [0.15, 0.2) is 42.6 Å². The van der Waals surface area contributed by atoms with Crippen LogP contribution in [0.2, 0.25) is 0 Å². The molecule has 5 nitrogen and oxygen atoms in total. The van der Waals surface area contributed by atoms with E-state index < -0.39 is 16.5 Å². The Hall–Kier alpha value is -2.35. The summed E-state index contributed by atoms with van der Waals surface area (Å²) >= 11 is 0. The SMILES string of the molecule is NC(=O)c1cc(-c2cccc(F)c2)cc2c(C3CCS(O)(O)CC3)c[nH]c12. The maximum absolute atomic E-state index is 13.7. The van der Waals surface area contributed by atoms with Gasteiger partial charge >= 0.3 is 0 Å². The van der Waals surface area contributed by atoms with E-state index >= 15 is 0 Å². The van der Waals surface area contributed by atoms with E-state index in [0.717, 1.165) is 16.5 Å². The number of hydrogen-bond donors (Lipinski definition) is 4. The number of halogens is 1. The first-order valence-corrected chi connectivity index (χ1v) is 10.7. The molecule has 0 aliphatic carbocycles. The molecule has 1 saturated heterocycles. The molecule has 5 N–H and O–H groups in total. The molecule has 0 spiro atoms. The van der Waals surface area contributed by atoms with Crippen LogP contribution in [0.5, 0.6) is 0 Å². The highest BCUT2D eigenvalue weighted by Crippen LogP contribution is 2.49. The van der Waals surface area contributed by atoms with E-state index in [1.165, 1.54) is 12.1 Å². The minimum atomic E-state index is -2.46. The smallest absolute Gasteiger partial charge is 0.250 e. The van der Waals surface area contributed by atoms with Crippen LogP contribution in [-0.2, 0) is 0 Å². The molecule has 7 heteroatoms. The van der Waals surface area contributed by atoms with Crippen molar-refractivity contribution >= 4 is 27.4 Å². The van der Waals surface area contributed by atoms with Crippen molar-refractivity contribution in [3.8, 4) is 11.1 Å². The summed E-state index contributed by atoms with van der Waals surface area (Å²) in [5.74, 6) is 0.0411. The van der Waals surface area contributed by atoms with Crippen LogP contribution in [0.4, 0.5) is 4.39 Å². The van der Waals surface area contributed by atoms with Crippen molar-refractivity contribution in [2.24, 2.45) is 5.73 Å². The van der Waals surface area contributed by atoms with Gasteiger partial charge in [-0.3, -0.25) is 13.9 Å². The van der Waals surface area contributed by atoms with Gasteiger partial charge in [-0.15, -0.1) is 0 Å². The highest BCUT2D eigenvalue weighted by Gasteiger charge is 2.27. The van der Waals surface area contributed by atoms with Crippen LogP contribution in [-0.4, -0.2) is 31.5 Å². The zero-order valence-electron chi connectivity index (χ0n) is 14.6. The van der Waals surface area contributed by atoms with Crippen molar-refractivity contribution in [3.63, 3.8) is 0 Å². The lowest BCUT2D eigenvalue weighted by Gasteiger charge is -2.39. The third-order valence-electron chi connectivity index (χ3n) is 5.27. The number of rotatable bonds is 3. The minimum Gasteiger partial charge on any atom is -0.366 e. The van der Waals surface area contributed by atoms with Gasteiger partial charge in [0.2, 0.25) is 0 Å². The van der Waals surface area contributed by atoms with Gasteiger partial charge in [-0.1, -0.05) is 12.1 Å². The highest BCUT2D eigenvalue weighted by atomic mass is 32.3. The van der Waals surface area contributed by atoms with E-state index in [1.54, 1.807) is 18.2 Å². The topological polar surface area (TPSA) is 99.3 Å². The number of nitrogens with two attached hydrogens (primary N) is 1. The first-order chi connectivity index (χ1) is 12.8. The van der Waals surface area contributed by atoms with Crippen LogP contribution in [0, 0.1) is 5.82 Å². The maximum Gasteiger partial charge on any atom is 0.250 e. The molecular formula is C20H21FN2O3S. The third kappa shape index (κ3) is 3.45. The van der Waals surface area contributed by atoms with Crippen molar-refractivity contribution in [3.05, 3.63) is 59.5 Å². The van der Waals surface area contributed by atoms with Gasteiger partial charge in [-0.2, -0.15) is 10.6 Å². The number of nitrogens with one attached hydrogen (secondary N) is 1. The Balaban J connectivity index is 1.84. The molecule has 0 saturated carbocycles. The zero-order chi connectivity index (χ0) is 19.2. The summed E-state index contributed by atoms with van der Waals surface area (Å²) in [6.07, 6.45) is 3.21. The van der Waals surface area contributed by atoms with Gasteiger partial charge in [0.15, 0.2) is 0 Å². The standard InChI is InChI=1S/C20H21FN2O3S/c21-15-3-1-2-13(8-15)14-9-16-18(12-4-6-27(25,26)7-5-12)11-23-19(16)17(10-14)20(22)24/h1-3,8-12,23,25-26H,4-7H2,(H2,22,24). The number of fused-ring (bicyclic) bond motifs is 1. The molecule has 4 rings (SSSR count). The summed E-state index contributed by atoms with van der Waals surface area (Å²) < 4.78 is 33.4. The number of carbonyl (C=O) groups is 1. The van der Waals surface area contributed by atoms with Crippen LogP contribution >= 0.6 is 10.6 Å². The van der Waals surface area contributed by atoms with Gasteiger partial charge < -0.3 is 10.7 Å². The van der Waals surface area contributed by atoms with Gasteiger partial charge in [0, 0.05) is 23.1 Å². The summed E-state index contributed by atoms with van der Waals surface area (Å²) in [7, 11) is -2.46. The quantitative estimate of drug-likeness (QED) is 0.523. The Morgan fingerprint density at radius 3 is 2.56 bits per heavy atom. The van der Waals surface area contributed by atoms with Gasteiger partial charge in [0.1, 0.15) is 5.82 Å². The largest absolute Gasteiger partial charge is 0.366 e. The Morgan fingerprint density at radius 2 is 1.89 bits per heavy atom. The summed E-state index contributed by atoms with van der Waals surface area (Å²) in [4.78, 5) is 15.2. The predicted octanol–water partition coefficient (Wildman–Crippen LogP) is 4.70. The van der Waals surface area contributed by atoms with E-state index in [-0.39, 0.29) is 11.7 Å². The van der Waals surface area contributed by atoms with E-state index in [2.05, 4.69) is 4.98 Å². The summed E-state index contributed by atoms with van der Waals surface area (Å²) in [6.45, 7) is 0. The number of benzene rings is 2. The van der Waals surface area contributed by atoms with Gasteiger partial charge in [0.05, 0.1) is 11.1 Å². The lowest BCUT2D eigenvalue weighted by Crippen LogP contribution is -2.19. The van der Waals surface area contributed by atoms with Crippen LogP contribution in [0.25, 0.3) is 22.0 Å². The number of carbonyl (C=O) groups excluding carboxylic acids is 1. The van der Waals surface area contributed by atoms with E-state index in [1.807, 2.05) is 12.3 Å². The monoisotopic (exact) mass is 388 g/mol. The fourth-order valence-corrected chi connectivity index (χ4v) is 5.37. The predicted molar refractivity (Wildman–Crippen MR) is 107 cm³/mol. The van der Waals surface area contributed by atoms with Gasteiger partial charge in [-0.25, -0.2) is 4.39 Å². The average molecular weight is 388 g/mol. The number of H-pyrrole nitrogens is 1. The Labute approximate surface area is 157 Å². The zero-order valence-corrected chi connectivity index (χ0v) is 15.4. The summed E-state index contributed by atoms with van der Waals surface area (Å²) in [5, 5.41) is 0.869. The molecule has 0 atom stereocenters. The molecule has 2 heterocycles. The van der Waals surface area contributed by atoms with Gasteiger partial charge in [-0.05, 0) is 59.7 Å². The van der Waals surface area contributed by atoms with Crippen molar-refractivity contribution < 1.29 is 18.3 Å². The molecule has 1 aliphatic rings. The van der Waals surface area contributed by atoms with Crippen molar-refractivity contribution in [2.75, 3.05) is 11.5 Å². The molecule has 1 fully saturated rings. The van der Waals surface area contributed by atoms with Crippen molar-refractivity contribution in [1.29, 1.82) is 0 Å². The van der Waals surface area contributed by atoms with E-state index in [0.29, 0.717) is 41.0 Å². The highest BCUT2D eigenvalue weighted by molar-refractivity contribution is 8.24. The molecule has 0 bridgehead atoms. The van der Waals surface area contributed by atoms with Crippen LogP contribution in [0.3, 0.4) is 0 Å². The fraction of sp³-hybridized carbons (Fsp3) is 0.250. The maximum atomic E-state index is 13.7. The van der Waals surface area contributed by atoms with E-state index in [4.69, 9.17) is 5.73 Å². The van der Waals surface area contributed by atoms with Crippen molar-refractivity contribution in [2.45, 2.75) is 18.8 Å². The first-order valence-electron chi connectivity index (χ1n) is 8.78. The Bertz CT molecular complexity index is 1020. The Kier molecular flexibility index (Phi) is 4.46. The molecule has 1 amide bonds. The molecule has 0 unspecified atom stereocenters. The molecule has 27 heavy (non-hydrogen) atoms. The first kappa shape index (κ1) is 18.0. The number of aromatic nitrogens is 1. The number of aromatic amines is 1. The molecule has 1 aliphatic heterocycles. The minimum absolute atomic E-state index is 0.169. The summed E-state index contributed by atoms with van der Waals surface area (Å²) in [6, 6.07) is 9.83. The second-order valence-corrected chi connectivity index (χ2v) is 9.47. The molecule has 3 aromatic rings. The second-order valence-electron chi connectivity index (χ2n) is 7.05. The number of hydrogen-bond acceptors (Lipinski definition) is 3. The van der Waals surface area contributed by atoms with Crippen LogP contribution < -0.4 is 5.73 Å². The third-order valence-corrected chi connectivity index (χ3v) is 7.05. The van der Waals surface area contributed by atoms with E-state index in [9.17, 15) is 18.3 Å². The lowest BCUT2D eigenvalue weighted by atomic mass is 9.91. The number of amides is 1. The average Bonchev–Trinajstić information content (AvgIpc) is 3.04. The van der Waals surface area contributed by atoms with Gasteiger partial charge in [0.25, 0.3) is 5.91 Å². The normalized spacial score (nSPS) is 18.5. The lowest BCUT2D eigenvalue weighted by molar-refractivity contribution is 0.100. The summed E-state index contributed by atoms with van der Waals surface area (Å²) in [5.41, 5.74) is 9.02. The second kappa shape index (κ2) is 6.67. The molecule has 2 aromatic carbocycles. The van der Waals surface area contributed by atoms with Crippen LogP contribution in [0.1, 0.15) is 34.7 Å². The molecular weight excluding hydrogens is 367 g/mol. The van der Waals surface area contributed by atoms with Crippen molar-refractivity contribution in [1.82, 2.24) is 4.98 Å². The Morgan fingerprint density at radius 1 is 1.15 bits per heavy atom. The molecule has 142 valence electrons. The molecule has 1 aromatic heterocycles.